The predicted molar refractivity (Wildman–Crippen MR) is 103 cm³/mol. The van der Waals surface area contributed by atoms with Crippen LogP contribution in [0.1, 0.15) is 12.6 Å². The highest BCUT2D eigenvalue weighted by molar-refractivity contribution is 7.59. The highest BCUT2D eigenvalue weighted by Crippen LogP contribution is 2.57. The molecule has 18 nitrogen and oxygen atoms in total. The molecule has 2 aliphatic heterocycles. The van der Waals surface area contributed by atoms with Crippen LogP contribution in [0.5, 0.6) is 0 Å². The maximum absolute atomic E-state index is 12.0. The molecule has 3 heterocycles. The number of aromatic amines is 1. The van der Waals surface area contributed by atoms with Crippen LogP contribution in [0.3, 0.4) is 0 Å². The fourth-order valence-electron chi connectivity index (χ4n) is 3.30. The summed E-state index contributed by atoms with van der Waals surface area (Å²) in [6, 6.07) is 0.924. The van der Waals surface area contributed by atoms with Gasteiger partial charge in [0.1, 0.15) is 24.4 Å². The van der Waals surface area contributed by atoms with Gasteiger partial charge in [-0.05, 0) is 0 Å². The summed E-state index contributed by atoms with van der Waals surface area (Å²) in [5.41, 5.74) is -1.75. The van der Waals surface area contributed by atoms with E-state index in [1.807, 2.05) is 4.98 Å². The van der Waals surface area contributed by atoms with E-state index in [1.54, 1.807) is 0 Å². The summed E-state index contributed by atoms with van der Waals surface area (Å²) in [6.07, 6.45) is -12.8. The molecule has 0 aliphatic carbocycles. The first-order chi connectivity index (χ1) is 16.2. The molecule has 35 heavy (non-hydrogen) atoms. The molecule has 20 heteroatoms. The Morgan fingerprint density at radius 2 is 1.77 bits per heavy atom. The van der Waals surface area contributed by atoms with Crippen molar-refractivity contribution in [2.45, 2.75) is 55.6 Å². The number of aliphatic hydroxyl groups is 5. The third-order valence-electron chi connectivity index (χ3n) is 5.00. The van der Waals surface area contributed by atoms with E-state index in [1.165, 1.54) is 0 Å². The van der Waals surface area contributed by atoms with Crippen molar-refractivity contribution in [2.24, 2.45) is 0 Å². The van der Waals surface area contributed by atoms with E-state index in [2.05, 4.69) is 13.4 Å². The van der Waals surface area contributed by atoms with Crippen molar-refractivity contribution in [1.82, 2.24) is 9.55 Å². The van der Waals surface area contributed by atoms with E-state index >= 15 is 0 Å². The van der Waals surface area contributed by atoms with E-state index in [0.29, 0.717) is 4.57 Å². The molecule has 0 amide bonds. The molecule has 0 aromatic carbocycles. The minimum Gasteiger partial charge on any atom is -0.756 e. The van der Waals surface area contributed by atoms with E-state index in [-0.39, 0.29) is 6.42 Å². The van der Waals surface area contributed by atoms with Crippen LogP contribution >= 0.6 is 15.6 Å². The monoisotopic (exact) mass is 548 g/mol. The van der Waals surface area contributed by atoms with Crippen LogP contribution in [0.15, 0.2) is 21.9 Å². The van der Waals surface area contributed by atoms with Gasteiger partial charge in [-0.2, -0.15) is 0 Å². The topological polar surface area (TPSA) is 282 Å². The second kappa shape index (κ2) is 11.0. The average Bonchev–Trinajstić information content (AvgIpc) is 3.03. The second-order valence-corrected chi connectivity index (χ2v) is 10.5. The van der Waals surface area contributed by atoms with Crippen molar-refractivity contribution in [3.63, 3.8) is 0 Å². The van der Waals surface area contributed by atoms with E-state index in [9.17, 15) is 48.9 Å². The summed E-state index contributed by atoms with van der Waals surface area (Å²) >= 11 is 0. The molecular weight excluding hydrogens is 526 g/mol. The van der Waals surface area contributed by atoms with Crippen molar-refractivity contribution in [2.75, 3.05) is 13.2 Å². The third kappa shape index (κ3) is 6.91. The third-order valence-corrected chi connectivity index (χ3v) is 7.53. The molecule has 0 radical (unpaired) electrons. The Kier molecular flexibility index (Phi) is 8.84. The fourth-order valence-corrected chi connectivity index (χ4v) is 5.38. The molecule has 0 saturated carbocycles. The van der Waals surface area contributed by atoms with Crippen molar-refractivity contribution >= 4 is 15.6 Å². The van der Waals surface area contributed by atoms with Crippen LogP contribution < -0.4 is 21.0 Å². The van der Waals surface area contributed by atoms with Crippen LogP contribution in [0, 0.1) is 0 Å². The number of rotatable bonds is 9. The van der Waals surface area contributed by atoms with Crippen LogP contribution in [0.2, 0.25) is 0 Å². The Labute approximate surface area is 195 Å². The summed E-state index contributed by atoms with van der Waals surface area (Å²) in [5, 5.41) is 48.7. The minimum atomic E-state index is -5.80. The maximum Gasteiger partial charge on any atom is 0.330 e. The van der Waals surface area contributed by atoms with Crippen LogP contribution in [-0.4, -0.2) is 91.2 Å². The number of aromatic nitrogens is 2. The number of ether oxygens (including phenoxy) is 2. The molecule has 1 aromatic rings. The van der Waals surface area contributed by atoms with Gasteiger partial charge < -0.3 is 49.3 Å². The molecule has 2 saturated heterocycles. The van der Waals surface area contributed by atoms with Gasteiger partial charge in [-0.3, -0.25) is 28.0 Å². The molecule has 2 fully saturated rings. The van der Waals surface area contributed by atoms with Crippen molar-refractivity contribution < 1.29 is 67.3 Å². The smallest absolute Gasteiger partial charge is 0.330 e. The van der Waals surface area contributed by atoms with E-state index in [0.717, 1.165) is 12.3 Å². The van der Waals surface area contributed by atoms with Crippen molar-refractivity contribution in [1.29, 1.82) is 0 Å². The van der Waals surface area contributed by atoms with Gasteiger partial charge in [0, 0.05) is 18.7 Å². The Bertz CT molecular complexity index is 1090. The molecule has 2 aliphatic rings. The number of hydrogen-bond acceptors (Lipinski definition) is 16. The summed E-state index contributed by atoms with van der Waals surface area (Å²) in [5.74, 6) is 0. The van der Waals surface area contributed by atoms with Crippen LogP contribution in [0.25, 0.3) is 0 Å². The lowest BCUT2D eigenvalue weighted by Gasteiger charge is -2.39. The van der Waals surface area contributed by atoms with E-state index in [4.69, 9.17) is 14.6 Å². The van der Waals surface area contributed by atoms with Crippen LogP contribution in [-0.2, 0) is 32.0 Å². The van der Waals surface area contributed by atoms with Gasteiger partial charge in [-0.15, -0.1) is 0 Å². The average molecular weight is 548 g/mol. The fraction of sp³-hybridized carbons (Fsp3) is 0.733. The zero-order valence-corrected chi connectivity index (χ0v) is 19.3. The normalized spacial score (nSPS) is 37.0. The minimum absolute atomic E-state index is 0.257. The zero-order chi connectivity index (χ0) is 26.1. The van der Waals surface area contributed by atoms with Gasteiger partial charge >= 0.3 is 5.69 Å². The standard InChI is InChI=1S/C15H24N2O16P2/c18-4-6-3-7(19)10(21)14(30-6)32-35(27,28)33-34(25,26)29-5-8-11(22)12(23)13(31-8)17-2-1-9(20)16-15(17)24/h1-2,6-8,10-14,18-19,21-23H,3-5H2,(H,25,26)(H,27,28)(H,16,20,24)/p-2/t6-,7-,8+,10+,11+,12+,13+,14+/m0/s1. The molecule has 3 rings (SSSR count). The Hall–Kier alpha value is -1.34. The van der Waals surface area contributed by atoms with Gasteiger partial charge in [0.2, 0.25) is 0 Å². The highest BCUT2D eigenvalue weighted by atomic mass is 31.3. The van der Waals surface area contributed by atoms with Crippen molar-refractivity contribution in [3.8, 4) is 0 Å². The number of H-pyrrole nitrogens is 1. The highest BCUT2D eigenvalue weighted by Gasteiger charge is 2.45. The molecule has 2 unspecified atom stereocenters. The molecule has 6 N–H and O–H groups in total. The number of aliphatic hydroxyl groups excluding tert-OH is 5. The summed E-state index contributed by atoms with van der Waals surface area (Å²) in [6.45, 7) is -1.75. The summed E-state index contributed by atoms with van der Waals surface area (Å²) in [4.78, 5) is 48.9. The lowest BCUT2D eigenvalue weighted by atomic mass is 10.0. The van der Waals surface area contributed by atoms with Crippen molar-refractivity contribution in [3.05, 3.63) is 33.1 Å². The van der Waals surface area contributed by atoms with E-state index < -0.39 is 89.2 Å². The first kappa shape index (κ1) is 28.2. The number of nitrogens with one attached hydrogen (secondary N) is 1. The molecular formula is C15H22N2O16P2-2. The lowest BCUT2D eigenvalue weighted by molar-refractivity contribution is -0.286. The maximum atomic E-state index is 12.0. The van der Waals surface area contributed by atoms with Gasteiger partial charge in [0.15, 0.2) is 12.5 Å². The Morgan fingerprint density at radius 3 is 2.40 bits per heavy atom. The Morgan fingerprint density at radius 1 is 1.09 bits per heavy atom. The largest absolute Gasteiger partial charge is 0.756 e. The number of phosphoric acid groups is 2. The summed E-state index contributed by atoms with van der Waals surface area (Å²) in [7, 11) is -11.5. The Balaban J connectivity index is 1.60. The summed E-state index contributed by atoms with van der Waals surface area (Å²) < 4.78 is 47.4. The molecule has 10 atom stereocenters. The SMILES string of the molecule is O=c1ccn([C@@H]2O[C@H](COP(=O)([O-])OP(=O)([O-])O[C@H]3O[C@H](CO)C[C@H](O)[C@H]3O)[C@@H](O)[C@H]2O)c(=O)[nH]1. The van der Waals surface area contributed by atoms with Gasteiger partial charge in [-0.1, -0.05) is 0 Å². The van der Waals surface area contributed by atoms with Gasteiger partial charge in [0.25, 0.3) is 21.2 Å². The van der Waals surface area contributed by atoms with Crippen LogP contribution in [0.4, 0.5) is 0 Å². The first-order valence-electron chi connectivity index (χ1n) is 9.85. The number of hydrogen-bond donors (Lipinski definition) is 6. The van der Waals surface area contributed by atoms with Gasteiger partial charge in [0.05, 0.1) is 25.4 Å². The first-order valence-corrected chi connectivity index (χ1v) is 12.8. The number of nitrogens with zero attached hydrogens (tertiary/aromatic N) is 1. The predicted octanol–water partition coefficient (Wildman–Crippen LogP) is -5.03. The zero-order valence-electron chi connectivity index (χ0n) is 17.5. The quantitative estimate of drug-likeness (QED) is 0.157. The molecule has 1 aromatic heterocycles. The molecule has 0 spiro atoms. The number of phosphoric ester groups is 2. The molecule has 0 bridgehead atoms. The second-order valence-electron chi connectivity index (χ2n) is 7.54. The molecule has 200 valence electrons. The lowest BCUT2D eigenvalue weighted by Crippen LogP contribution is -2.50. The van der Waals surface area contributed by atoms with Gasteiger partial charge in [-0.25, -0.2) is 9.11 Å².